The Bertz CT molecular complexity index is 1980. The first-order valence-corrected chi connectivity index (χ1v) is 19.2. The normalized spacial score (nSPS) is 23.5. The number of hydrogen-bond donors (Lipinski definition) is 4. The lowest BCUT2D eigenvalue weighted by molar-refractivity contribution is -0.147. The number of aromatic nitrogens is 1. The number of likely N-dealkylation sites (tertiary alicyclic amines) is 1. The first kappa shape index (κ1) is 41.1. The highest BCUT2D eigenvalue weighted by Crippen LogP contribution is 2.45. The number of hydrogen-bond acceptors (Lipinski definition) is 9. The van der Waals surface area contributed by atoms with E-state index in [9.17, 15) is 27.9 Å². The van der Waals surface area contributed by atoms with Crippen molar-refractivity contribution < 1.29 is 42.2 Å². The number of nitrogens with one attached hydrogen (secondary N) is 3. The number of alkyl carbamates (subject to hydrolysis) is 1. The molecule has 2 aromatic carbocycles. The molecular formula is C40H51N5O9S. The highest BCUT2D eigenvalue weighted by molar-refractivity contribution is 7.77. The van der Waals surface area contributed by atoms with Gasteiger partial charge in [-0.05, 0) is 56.6 Å². The Morgan fingerprint density at radius 1 is 1.07 bits per heavy atom. The molecule has 14 nitrogen and oxygen atoms in total. The third kappa shape index (κ3) is 9.10. The van der Waals surface area contributed by atoms with E-state index in [0.717, 1.165) is 5.56 Å². The summed E-state index contributed by atoms with van der Waals surface area (Å²) in [5.74, 6) is -1.62. The first-order chi connectivity index (χ1) is 25.8. The van der Waals surface area contributed by atoms with Crippen LogP contribution in [0.5, 0.6) is 11.5 Å². The van der Waals surface area contributed by atoms with Gasteiger partial charge in [0.2, 0.25) is 11.8 Å². The number of benzene rings is 2. The minimum Gasteiger partial charge on any atom is -0.497 e. The third-order valence-electron chi connectivity index (χ3n) is 10.2. The van der Waals surface area contributed by atoms with Crippen molar-refractivity contribution in [3.8, 4) is 22.8 Å². The average Bonchev–Trinajstić information content (AvgIpc) is 3.54. The second-order valence-electron chi connectivity index (χ2n) is 16.2. The van der Waals surface area contributed by atoms with Crippen molar-refractivity contribution in [2.75, 3.05) is 13.7 Å². The van der Waals surface area contributed by atoms with Crippen molar-refractivity contribution in [2.24, 2.45) is 17.3 Å². The summed E-state index contributed by atoms with van der Waals surface area (Å²) in [6.45, 7) is 16.0. The van der Waals surface area contributed by atoms with Gasteiger partial charge in [-0.25, -0.2) is 18.7 Å². The molecule has 0 bridgehead atoms. The molecule has 1 aliphatic carbocycles. The van der Waals surface area contributed by atoms with Gasteiger partial charge in [0, 0.05) is 29.5 Å². The number of carbonyl (C=O) groups excluding carboxylic acids is 4. The quantitative estimate of drug-likeness (QED) is 0.150. The van der Waals surface area contributed by atoms with Crippen molar-refractivity contribution >= 4 is 46.0 Å². The molecular weight excluding hydrogens is 727 g/mol. The number of fused-ring (bicyclic) bond motifs is 1. The summed E-state index contributed by atoms with van der Waals surface area (Å²) in [6, 6.07) is 14.5. The summed E-state index contributed by atoms with van der Waals surface area (Å²) >= 11 is -2.68. The maximum atomic E-state index is 14.6. The second kappa shape index (κ2) is 16.0. The van der Waals surface area contributed by atoms with Crippen molar-refractivity contribution in [3.05, 3.63) is 67.3 Å². The van der Waals surface area contributed by atoms with E-state index >= 15 is 0 Å². The Kier molecular flexibility index (Phi) is 12.0. The molecule has 0 radical (unpaired) electrons. The van der Waals surface area contributed by atoms with Crippen LogP contribution in [0.15, 0.2) is 67.3 Å². The molecule has 2 fully saturated rings. The van der Waals surface area contributed by atoms with E-state index in [4.69, 9.17) is 19.2 Å². The molecule has 0 spiro atoms. The van der Waals surface area contributed by atoms with E-state index in [1.165, 1.54) is 4.90 Å². The van der Waals surface area contributed by atoms with Crippen LogP contribution in [0.3, 0.4) is 0 Å². The minimum absolute atomic E-state index is 0.0183. The molecule has 4 N–H and O–H groups in total. The van der Waals surface area contributed by atoms with E-state index in [1.807, 2.05) is 47.2 Å². The largest absolute Gasteiger partial charge is 0.497 e. The van der Waals surface area contributed by atoms with Crippen molar-refractivity contribution in [3.63, 3.8) is 0 Å². The van der Waals surface area contributed by atoms with Crippen LogP contribution in [0.4, 0.5) is 4.79 Å². The van der Waals surface area contributed by atoms with Crippen LogP contribution >= 0.6 is 0 Å². The van der Waals surface area contributed by atoms with Crippen LogP contribution in [0.1, 0.15) is 61.3 Å². The van der Waals surface area contributed by atoms with Gasteiger partial charge in [0.15, 0.2) is 0 Å². The molecule has 2 aliphatic rings. The summed E-state index contributed by atoms with van der Waals surface area (Å²) in [7, 11) is 1.57. The van der Waals surface area contributed by atoms with E-state index < -0.39 is 75.7 Å². The zero-order chi connectivity index (χ0) is 40.5. The van der Waals surface area contributed by atoms with Crippen LogP contribution in [0.2, 0.25) is 0 Å². The molecule has 3 aromatic rings. The molecule has 55 heavy (non-hydrogen) atoms. The highest BCUT2D eigenvalue weighted by atomic mass is 32.2. The Morgan fingerprint density at radius 2 is 1.76 bits per heavy atom. The molecule has 7 unspecified atom stereocenters. The van der Waals surface area contributed by atoms with E-state index in [2.05, 4.69) is 17.2 Å². The predicted molar refractivity (Wildman–Crippen MR) is 208 cm³/mol. The van der Waals surface area contributed by atoms with Gasteiger partial charge in [-0.3, -0.25) is 18.9 Å². The smallest absolute Gasteiger partial charge is 0.408 e. The maximum Gasteiger partial charge on any atom is 0.408 e. The molecule has 296 valence electrons. The topological polar surface area (TPSA) is 185 Å². The average molecular weight is 778 g/mol. The van der Waals surface area contributed by atoms with Crippen LogP contribution in [0, 0.1) is 17.3 Å². The summed E-state index contributed by atoms with van der Waals surface area (Å²) in [5, 5.41) is 6.25. The number of rotatable bonds is 11. The molecule has 1 aliphatic heterocycles. The van der Waals surface area contributed by atoms with Crippen LogP contribution in [-0.4, -0.2) is 85.4 Å². The van der Waals surface area contributed by atoms with Gasteiger partial charge in [0.1, 0.15) is 40.8 Å². The van der Waals surface area contributed by atoms with Crippen molar-refractivity contribution in [1.29, 1.82) is 0 Å². The van der Waals surface area contributed by atoms with Crippen LogP contribution in [-0.2, 0) is 30.4 Å². The molecule has 1 saturated heterocycles. The van der Waals surface area contributed by atoms with Gasteiger partial charge in [-0.15, -0.1) is 6.58 Å². The number of methoxy groups -OCH3 is 1. The van der Waals surface area contributed by atoms with Crippen LogP contribution in [0.25, 0.3) is 22.2 Å². The molecule has 5 rings (SSSR count). The van der Waals surface area contributed by atoms with Gasteiger partial charge in [-0.1, -0.05) is 64.1 Å². The van der Waals surface area contributed by atoms with Gasteiger partial charge >= 0.3 is 6.09 Å². The predicted octanol–water partition coefficient (Wildman–Crippen LogP) is 5.15. The fourth-order valence-electron chi connectivity index (χ4n) is 7.17. The molecule has 1 saturated carbocycles. The zero-order valence-corrected chi connectivity index (χ0v) is 33.3. The molecule has 7 atom stereocenters. The zero-order valence-electron chi connectivity index (χ0n) is 32.5. The number of nitrogens with zero attached hydrogens (tertiary/aromatic N) is 2. The summed E-state index contributed by atoms with van der Waals surface area (Å²) in [6.07, 6.45) is 0.291. The number of pyridine rings is 1. The Morgan fingerprint density at radius 3 is 2.35 bits per heavy atom. The third-order valence-corrected chi connectivity index (χ3v) is 10.5. The Labute approximate surface area is 324 Å². The van der Waals surface area contributed by atoms with Crippen molar-refractivity contribution in [2.45, 2.75) is 90.6 Å². The number of carbonyl (C=O) groups is 4. The van der Waals surface area contributed by atoms with Gasteiger partial charge in [-0.2, -0.15) is 0 Å². The standard InChI is InChI=1S/C40H51N5O9S/c1-10-24-21-40(23(24)2,36(48)44-55(50)51)43-34(46)31-19-27(22-45(31)35(47)33(38(3,4)5)42-37(49)54-39(6,7)8)53-32-20-29(25-14-12-11-13-15-25)41-30-18-26(52-9)16-17-28(30)32/h10-18,20,23-24,27,31,33H,1,19,21-22H2,2-9H3,(H,42,49)(H,43,46)(H,44,48)(H,50,51). The maximum absolute atomic E-state index is 14.6. The summed E-state index contributed by atoms with van der Waals surface area (Å²) < 4.78 is 40.8. The van der Waals surface area contributed by atoms with Gasteiger partial charge < -0.3 is 29.7 Å². The first-order valence-electron chi connectivity index (χ1n) is 18.1. The molecule has 2 heterocycles. The number of allylic oxidation sites excluding steroid dienone is 1. The highest BCUT2D eigenvalue weighted by Gasteiger charge is 2.58. The number of amides is 4. The minimum atomic E-state index is -2.68. The second-order valence-corrected chi connectivity index (χ2v) is 16.9. The van der Waals surface area contributed by atoms with E-state index in [1.54, 1.807) is 73.8 Å². The summed E-state index contributed by atoms with van der Waals surface area (Å²) in [5.41, 5.74) is -1.13. The fraction of sp³-hybridized carbons (Fsp3) is 0.475. The molecule has 1 aromatic heterocycles. The van der Waals surface area contributed by atoms with Gasteiger partial charge in [0.05, 0.1) is 24.9 Å². The van der Waals surface area contributed by atoms with Crippen molar-refractivity contribution in [1.82, 2.24) is 25.2 Å². The van der Waals surface area contributed by atoms with E-state index in [0.29, 0.717) is 28.1 Å². The fourth-order valence-corrected chi connectivity index (χ4v) is 7.51. The molecule has 4 amide bonds. The monoisotopic (exact) mass is 777 g/mol. The SMILES string of the molecule is C=CC1CC(NC(=O)C2CC(Oc3cc(-c4ccccc4)nc4cc(OC)ccc34)CN2C(=O)C(NC(=O)OC(C)(C)C)C(C)(C)C)(C(=O)NS(=O)O)C1C. The van der Waals surface area contributed by atoms with Crippen LogP contribution < -0.4 is 24.8 Å². The lowest BCUT2D eigenvalue weighted by atomic mass is 9.59. The van der Waals surface area contributed by atoms with Gasteiger partial charge in [0.25, 0.3) is 17.2 Å². The Hall–Kier alpha value is -5.02. The molecule has 15 heteroatoms. The van der Waals surface area contributed by atoms with E-state index in [-0.39, 0.29) is 25.3 Å². The Balaban J connectivity index is 1.54. The summed E-state index contributed by atoms with van der Waals surface area (Å²) in [4.78, 5) is 61.8. The number of ether oxygens (including phenoxy) is 3. The lowest BCUT2D eigenvalue weighted by Gasteiger charge is -2.51. The lowest BCUT2D eigenvalue weighted by Crippen LogP contribution is -2.72.